The first-order chi connectivity index (χ1) is 10.3. The smallest absolute Gasteiger partial charge is 0.331 e. The molecule has 0 heterocycles. The third-order valence-corrected chi connectivity index (χ3v) is 2.64. The highest BCUT2D eigenvalue weighted by Gasteiger charge is 2.18. The molecule has 0 aromatic rings. The van der Waals surface area contributed by atoms with Gasteiger partial charge in [0.05, 0.1) is 12.1 Å². The highest BCUT2D eigenvalue weighted by atomic mass is 16.5. The average Bonchev–Trinajstić information content (AvgIpc) is 2.43. The molecule has 0 aromatic carbocycles. The van der Waals surface area contributed by atoms with Crippen LogP contribution in [0.3, 0.4) is 0 Å². The number of nitrogens with zero attached hydrogens (tertiary/aromatic N) is 1. The van der Waals surface area contributed by atoms with E-state index < -0.39 is 11.9 Å². The van der Waals surface area contributed by atoms with Crippen LogP contribution in [0.1, 0.15) is 34.6 Å². The summed E-state index contributed by atoms with van der Waals surface area (Å²) in [5, 5.41) is 2.69. The topological polar surface area (TPSA) is 84.9 Å². The summed E-state index contributed by atoms with van der Waals surface area (Å²) in [6, 6.07) is -0.471. The summed E-state index contributed by atoms with van der Waals surface area (Å²) < 4.78 is 9.86. The second-order valence-electron chi connectivity index (χ2n) is 4.92. The predicted octanol–water partition coefficient (Wildman–Crippen LogP) is 1.48. The molecule has 0 unspecified atom stereocenters. The largest absolute Gasteiger partial charge is 0.460 e. The van der Waals surface area contributed by atoms with Crippen LogP contribution in [0.15, 0.2) is 12.2 Å². The Balaban J connectivity index is 4.30. The molecule has 0 radical (unpaired) electrons. The van der Waals surface area contributed by atoms with Crippen molar-refractivity contribution in [1.82, 2.24) is 10.2 Å². The lowest BCUT2D eigenvalue weighted by Crippen LogP contribution is -2.46. The fraction of sp³-hybridized carbons (Fsp3) is 0.667. The zero-order valence-corrected chi connectivity index (χ0v) is 13.9. The van der Waals surface area contributed by atoms with Crippen LogP contribution in [0.4, 0.5) is 4.79 Å². The van der Waals surface area contributed by atoms with Crippen molar-refractivity contribution in [2.24, 2.45) is 0 Å². The molecule has 1 atom stereocenters. The maximum absolute atomic E-state index is 11.8. The van der Waals surface area contributed by atoms with Gasteiger partial charge in [0, 0.05) is 25.2 Å². The number of hydrogen-bond acceptors (Lipinski definition) is 5. The third kappa shape index (κ3) is 8.28. The minimum atomic E-state index is -0.653. The lowest BCUT2D eigenvalue weighted by molar-refractivity contribution is -0.143. The molecule has 0 saturated heterocycles. The van der Waals surface area contributed by atoms with Crippen LogP contribution in [0.5, 0.6) is 0 Å². The summed E-state index contributed by atoms with van der Waals surface area (Å²) >= 11 is 0. The molecule has 0 aliphatic carbocycles. The Kier molecular flexibility index (Phi) is 9.65. The highest BCUT2D eigenvalue weighted by Crippen LogP contribution is 2.01. The Bertz CT molecular complexity index is 407. The molecule has 0 spiro atoms. The van der Waals surface area contributed by atoms with Crippen molar-refractivity contribution in [3.05, 3.63) is 12.2 Å². The van der Waals surface area contributed by atoms with E-state index in [1.165, 1.54) is 0 Å². The molecule has 0 fully saturated rings. The summed E-state index contributed by atoms with van der Waals surface area (Å²) in [5.41, 5.74) is 0. The first-order valence-electron chi connectivity index (χ1n) is 7.41. The molecule has 2 amide bonds. The molecule has 7 nitrogen and oxygen atoms in total. The molecule has 7 heteroatoms. The SMILES string of the molecule is CCNC(=O)N(CC)[C@H](C)COC(=O)/C=C/C(=O)OC(C)C. The maximum Gasteiger partial charge on any atom is 0.331 e. The molecule has 0 aliphatic heterocycles. The number of urea groups is 1. The van der Waals surface area contributed by atoms with E-state index in [2.05, 4.69) is 5.32 Å². The molecule has 22 heavy (non-hydrogen) atoms. The number of esters is 2. The Hall–Kier alpha value is -2.05. The molecular weight excluding hydrogens is 288 g/mol. The van der Waals surface area contributed by atoms with Gasteiger partial charge in [-0.15, -0.1) is 0 Å². The van der Waals surface area contributed by atoms with Gasteiger partial charge >= 0.3 is 18.0 Å². The number of carbonyl (C=O) groups is 3. The molecule has 0 rings (SSSR count). The molecule has 0 aliphatic rings. The van der Waals surface area contributed by atoms with Gasteiger partial charge in [-0.3, -0.25) is 0 Å². The number of nitrogens with one attached hydrogen (secondary N) is 1. The second kappa shape index (κ2) is 10.6. The van der Waals surface area contributed by atoms with Gasteiger partial charge in [0.15, 0.2) is 0 Å². The molecule has 0 saturated carbocycles. The number of rotatable bonds is 8. The summed E-state index contributed by atoms with van der Waals surface area (Å²) in [5.74, 6) is -1.25. The normalized spacial score (nSPS) is 12.1. The number of carbonyl (C=O) groups excluding carboxylic acids is 3. The molecular formula is C15H26N2O5. The van der Waals surface area contributed by atoms with Crippen molar-refractivity contribution in [2.45, 2.75) is 46.8 Å². The summed E-state index contributed by atoms with van der Waals surface area (Å²) in [6.07, 6.45) is 1.79. The highest BCUT2D eigenvalue weighted by molar-refractivity contribution is 5.91. The molecule has 0 bridgehead atoms. The summed E-state index contributed by atoms with van der Waals surface area (Å²) in [7, 11) is 0. The molecule has 126 valence electrons. The van der Waals surface area contributed by atoms with E-state index in [1.807, 2.05) is 13.8 Å². The van der Waals surface area contributed by atoms with Gasteiger partial charge in [-0.05, 0) is 34.6 Å². The lowest BCUT2D eigenvalue weighted by Gasteiger charge is -2.27. The van der Waals surface area contributed by atoms with Crippen LogP contribution in [0.2, 0.25) is 0 Å². The third-order valence-electron chi connectivity index (χ3n) is 2.64. The minimum absolute atomic E-state index is 0.0490. The van der Waals surface area contributed by atoms with Crippen LogP contribution < -0.4 is 5.32 Å². The van der Waals surface area contributed by atoms with Crippen LogP contribution in [-0.2, 0) is 19.1 Å². The van der Waals surface area contributed by atoms with Gasteiger partial charge in [-0.1, -0.05) is 0 Å². The molecule has 0 aromatic heterocycles. The van der Waals surface area contributed by atoms with Gasteiger partial charge in [0.1, 0.15) is 6.61 Å². The zero-order chi connectivity index (χ0) is 17.1. The Morgan fingerprint density at radius 3 is 2.18 bits per heavy atom. The minimum Gasteiger partial charge on any atom is -0.460 e. The van der Waals surface area contributed by atoms with Gasteiger partial charge < -0.3 is 19.7 Å². The fourth-order valence-corrected chi connectivity index (χ4v) is 1.66. The Morgan fingerprint density at radius 2 is 1.68 bits per heavy atom. The van der Waals surface area contributed by atoms with Gasteiger partial charge in [-0.2, -0.15) is 0 Å². The van der Waals surface area contributed by atoms with Crippen molar-refractivity contribution in [1.29, 1.82) is 0 Å². The van der Waals surface area contributed by atoms with E-state index in [0.717, 1.165) is 12.2 Å². The van der Waals surface area contributed by atoms with Gasteiger partial charge in [-0.25, -0.2) is 14.4 Å². The van der Waals surface area contributed by atoms with Gasteiger partial charge in [0.25, 0.3) is 0 Å². The number of hydrogen-bond donors (Lipinski definition) is 1. The van der Waals surface area contributed by atoms with Crippen molar-refractivity contribution in [2.75, 3.05) is 19.7 Å². The van der Waals surface area contributed by atoms with E-state index in [-0.39, 0.29) is 24.8 Å². The predicted molar refractivity (Wildman–Crippen MR) is 82.2 cm³/mol. The first kappa shape index (κ1) is 19.9. The first-order valence-corrected chi connectivity index (χ1v) is 7.41. The fourth-order valence-electron chi connectivity index (χ4n) is 1.66. The summed E-state index contributed by atoms with van der Waals surface area (Å²) in [4.78, 5) is 36.1. The standard InChI is InChI=1S/C15H26N2O5/c1-6-16-15(20)17(7-2)12(5)10-21-13(18)8-9-14(19)22-11(3)4/h8-9,11-12H,6-7,10H2,1-5H3,(H,16,20)/b9-8+/t12-/m1/s1. The van der Waals surface area contributed by atoms with E-state index in [9.17, 15) is 14.4 Å². The zero-order valence-electron chi connectivity index (χ0n) is 13.9. The van der Waals surface area contributed by atoms with Crippen molar-refractivity contribution >= 4 is 18.0 Å². The van der Waals surface area contributed by atoms with E-state index >= 15 is 0 Å². The summed E-state index contributed by atoms with van der Waals surface area (Å²) in [6.45, 7) is 9.96. The van der Waals surface area contributed by atoms with E-state index in [0.29, 0.717) is 13.1 Å². The monoisotopic (exact) mass is 314 g/mol. The Morgan fingerprint density at radius 1 is 1.09 bits per heavy atom. The van der Waals surface area contributed by atoms with Crippen LogP contribution in [-0.4, -0.2) is 54.7 Å². The van der Waals surface area contributed by atoms with E-state index in [1.54, 1.807) is 25.7 Å². The van der Waals surface area contributed by atoms with Crippen LogP contribution in [0, 0.1) is 0 Å². The van der Waals surface area contributed by atoms with E-state index in [4.69, 9.17) is 9.47 Å². The molecule has 1 N–H and O–H groups in total. The number of amides is 2. The number of likely N-dealkylation sites (N-methyl/N-ethyl adjacent to an activating group) is 1. The second-order valence-corrected chi connectivity index (χ2v) is 4.92. The van der Waals surface area contributed by atoms with Crippen LogP contribution >= 0.6 is 0 Å². The number of ether oxygens (including phenoxy) is 2. The van der Waals surface area contributed by atoms with Gasteiger partial charge in [0.2, 0.25) is 0 Å². The van der Waals surface area contributed by atoms with Crippen molar-refractivity contribution < 1.29 is 23.9 Å². The Labute approximate surface area is 131 Å². The van der Waals surface area contributed by atoms with Crippen LogP contribution in [0.25, 0.3) is 0 Å². The lowest BCUT2D eigenvalue weighted by atomic mass is 10.3. The maximum atomic E-state index is 11.8. The quantitative estimate of drug-likeness (QED) is 0.542. The van der Waals surface area contributed by atoms with Crippen molar-refractivity contribution in [3.63, 3.8) is 0 Å². The van der Waals surface area contributed by atoms with Crippen molar-refractivity contribution in [3.8, 4) is 0 Å². The average molecular weight is 314 g/mol.